The van der Waals surface area contributed by atoms with Gasteiger partial charge in [0, 0.05) is 18.8 Å². The van der Waals surface area contributed by atoms with Crippen LogP contribution in [0.3, 0.4) is 0 Å². The molecule has 2 heterocycles. The lowest BCUT2D eigenvalue weighted by Crippen LogP contribution is -2.40. The molecule has 6 atom stereocenters. The molecule has 0 radical (unpaired) electrons. The van der Waals surface area contributed by atoms with E-state index in [2.05, 4.69) is 5.09 Å². The number of esters is 1. The molecular formula is C23H31N2O10P. The number of aliphatic carboxylic acids is 1. The Bertz CT molecular complexity index is 1030. The molecule has 1 aromatic rings. The van der Waals surface area contributed by atoms with Gasteiger partial charge < -0.3 is 34.2 Å². The molecule has 3 rings (SSSR count). The topological polar surface area (TPSA) is 164 Å². The summed E-state index contributed by atoms with van der Waals surface area (Å²) in [6.45, 7) is 4.30. The minimum Gasteiger partial charge on any atom is -0.478 e. The summed E-state index contributed by atoms with van der Waals surface area (Å²) in [6.07, 6.45) is -0.891. The molecule has 0 saturated carbocycles. The zero-order chi connectivity index (χ0) is 26.5. The van der Waals surface area contributed by atoms with Gasteiger partial charge in [-0.25, -0.2) is 9.36 Å². The Morgan fingerprint density at radius 3 is 2.53 bits per heavy atom. The average molecular weight is 526 g/mol. The number of carbonyl (C=O) groups is 2. The van der Waals surface area contributed by atoms with E-state index in [1.165, 1.54) is 24.2 Å². The maximum absolute atomic E-state index is 13.6. The Labute approximate surface area is 208 Å². The van der Waals surface area contributed by atoms with Crippen LogP contribution in [0.5, 0.6) is 5.75 Å². The van der Waals surface area contributed by atoms with E-state index in [0.717, 1.165) is 0 Å². The maximum atomic E-state index is 13.6. The molecule has 198 valence electrons. The van der Waals surface area contributed by atoms with Gasteiger partial charge in [-0.3, -0.25) is 9.32 Å². The van der Waals surface area contributed by atoms with Gasteiger partial charge in [-0.2, -0.15) is 5.09 Å². The molecule has 1 saturated heterocycles. The molecule has 1 fully saturated rings. The smallest absolute Gasteiger partial charge is 0.459 e. The number of rotatable bonds is 11. The molecule has 12 nitrogen and oxygen atoms in total. The standard InChI is InChI=1S/C23H31N2O10P/c1-14(2)33-23(30)15(3)24-36(31,35-17-9-5-4-6-10-17)32-13-18-19(26)20(27)21(34-18)25-11-7-8-16(12-25)22(28)29/h4-7,9-12,14-15,18-21,26-27H,8,13H2,1-3H3,(H,24,31)(H,28,29)/t15-,18+,19+,20+,21+,36?/m0/s1. The summed E-state index contributed by atoms with van der Waals surface area (Å²) in [5.74, 6) is -1.59. The Morgan fingerprint density at radius 2 is 1.89 bits per heavy atom. The molecule has 13 heteroatoms. The molecule has 1 unspecified atom stereocenters. The summed E-state index contributed by atoms with van der Waals surface area (Å²) in [4.78, 5) is 24.9. The lowest BCUT2D eigenvalue weighted by molar-refractivity contribution is -0.149. The molecule has 1 aromatic carbocycles. The van der Waals surface area contributed by atoms with Crippen molar-refractivity contribution in [3.63, 3.8) is 0 Å². The second-order valence-corrected chi connectivity index (χ2v) is 10.3. The van der Waals surface area contributed by atoms with E-state index in [0.29, 0.717) is 0 Å². The van der Waals surface area contributed by atoms with Crippen molar-refractivity contribution in [3.8, 4) is 5.75 Å². The molecule has 0 amide bonds. The summed E-state index contributed by atoms with van der Waals surface area (Å²) in [5, 5.41) is 32.8. The van der Waals surface area contributed by atoms with Gasteiger partial charge in [-0.15, -0.1) is 0 Å². The van der Waals surface area contributed by atoms with Crippen LogP contribution in [0, 0.1) is 0 Å². The molecule has 4 N–H and O–H groups in total. The van der Waals surface area contributed by atoms with Gasteiger partial charge in [-0.05, 0) is 32.9 Å². The fourth-order valence-electron chi connectivity index (χ4n) is 3.50. The number of benzene rings is 1. The first-order chi connectivity index (χ1) is 17.0. The van der Waals surface area contributed by atoms with Crippen LogP contribution in [-0.2, 0) is 28.2 Å². The highest BCUT2D eigenvalue weighted by Crippen LogP contribution is 2.45. The van der Waals surface area contributed by atoms with E-state index in [1.54, 1.807) is 50.3 Å². The minimum absolute atomic E-state index is 0.0784. The highest BCUT2D eigenvalue weighted by molar-refractivity contribution is 7.52. The van der Waals surface area contributed by atoms with Crippen molar-refractivity contribution in [3.05, 3.63) is 54.4 Å². The van der Waals surface area contributed by atoms with Crippen LogP contribution in [0.15, 0.2) is 54.4 Å². The zero-order valence-electron chi connectivity index (χ0n) is 20.1. The van der Waals surface area contributed by atoms with E-state index >= 15 is 0 Å². The van der Waals surface area contributed by atoms with Crippen molar-refractivity contribution in [2.24, 2.45) is 0 Å². The van der Waals surface area contributed by atoms with Crippen LogP contribution >= 0.6 is 7.75 Å². The fraction of sp³-hybridized carbons (Fsp3) is 0.478. The predicted octanol–water partition coefficient (Wildman–Crippen LogP) is 1.75. The van der Waals surface area contributed by atoms with Crippen LogP contribution in [0.25, 0.3) is 0 Å². The molecule has 36 heavy (non-hydrogen) atoms. The molecule has 0 bridgehead atoms. The third-order valence-corrected chi connectivity index (χ3v) is 6.90. The number of ether oxygens (including phenoxy) is 2. The molecule has 0 aliphatic carbocycles. The van der Waals surface area contributed by atoms with Crippen LogP contribution < -0.4 is 9.61 Å². The zero-order valence-corrected chi connectivity index (χ0v) is 21.0. The quantitative estimate of drug-likeness (QED) is 0.244. The fourth-order valence-corrected chi connectivity index (χ4v) is 5.00. The lowest BCUT2D eigenvalue weighted by Gasteiger charge is -2.28. The molecular weight excluding hydrogens is 495 g/mol. The second-order valence-electron chi connectivity index (χ2n) is 8.58. The Morgan fingerprint density at radius 1 is 1.19 bits per heavy atom. The van der Waals surface area contributed by atoms with Gasteiger partial charge in [0.15, 0.2) is 6.23 Å². The van der Waals surface area contributed by atoms with Gasteiger partial charge in [0.1, 0.15) is 30.1 Å². The van der Waals surface area contributed by atoms with Crippen molar-refractivity contribution in [1.29, 1.82) is 0 Å². The Hall–Kier alpha value is -2.73. The van der Waals surface area contributed by atoms with E-state index in [4.69, 9.17) is 18.5 Å². The summed E-state index contributed by atoms with van der Waals surface area (Å²) in [7, 11) is -4.21. The van der Waals surface area contributed by atoms with Crippen molar-refractivity contribution in [2.45, 2.75) is 63.9 Å². The van der Waals surface area contributed by atoms with Crippen LogP contribution in [0.1, 0.15) is 27.2 Å². The van der Waals surface area contributed by atoms with Gasteiger partial charge >= 0.3 is 19.7 Å². The summed E-state index contributed by atoms with van der Waals surface area (Å²) in [5.41, 5.74) is 0.0784. The molecule has 0 aromatic heterocycles. The summed E-state index contributed by atoms with van der Waals surface area (Å²) >= 11 is 0. The number of carbonyl (C=O) groups excluding carboxylic acids is 1. The third-order valence-electron chi connectivity index (χ3n) is 5.26. The third kappa shape index (κ3) is 7.16. The van der Waals surface area contributed by atoms with Crippen molar-refractivity contribution >= 4 is 19.7 Å². The highest BCUT2D eigenvalue weighted by Gasteiger charge is 2.46. The van der Waals surface area contributed by atoms with Gasteiger partial charge in [0.25, 0.3) is 0 Å². The number of nitrogens with one attached hydrogen (secondary N) is 1. The first-order valence-corrected chi connectivity index (χ1v) is 12.9. The van der Waals surface area contributed by atoms with Crippen LogP contribution in [0.4, 0.5) is 0 Å². The monoisotopic (exact) mass is 526 g/mol. The maximum Gasteiger partial charge on any atom is 0.459 e. The van der Waals surface area contributed by atoms with E-state index in [-0.39, 0.29) is 17.7 Å². The number of aliphatic hydroxyl groups is 2. The van der Waals surface area contributed by atoms with Crippen molar-refractivity contribution in [1.82, 2.24) is 9.99 Å². The lowest BCUT2D eigenvalue weighted by atomic mass is 10.1. The van der Waals surface area contributed by atoms with Crippen LogP contribution in [0.2, 0.25) is 0 Å². The first-order valence-electron chi connectivity index (χ1n) is 11.4. The van der Waals surface area contributed by atoms with Crippen LogP contribution in [-0.4, -0.2) is 75.5 Å². The van der Waals surface area contributed by atoms with E-state index < -0.39 is 63.0 Å². The van der Waals surface area contributed by atoms with Gasteiger partial charge in [0.2, 0.25) is 0 Å². The SMILES string of the molecule is CC(C)OC(=O)[C@H](C)NP(=O)(OC[C@H]1O[C@@H](N2C=CCC(C(=O)O)=C2)[C@H](O)[C@@H]1O)Oc1ccccc1. The number of allylic oxidation sites excluding steroid dienone is 1. The highest BCUT2D eigenvalue weighted by atomic mass is 31.2. The number of nitrogens with zero attached hydrogens (tertiary/aromatic N) is 1. The number of para-hydroxylation sites is 1. The molecule has 0 spiro atoms. The minimum atomic E-state index is -4.21. The van der Waals surface area contributed by atoms with Gasteiger partial charge in [-0.1, -0.05) is 24.3 Å². The first kappa shape index (κ1) is 27.9. The van der Waals surface area contributed by atoms with Gasteiger partial charge in [0.05, 0.1) is 18.3 Å². The number of hydrogen-bond donors (Lipinski definition) is 4. The summed E-state index contributed by atoms with van der Waals surface area (Å²) in [6, 6.07) is 7.08. The average Bonchev–Trinajstić information content (AvgIpc) is 3.11. The number of aliphatic hydroxyl groups excluding tert-OH is 2. The number of carboxylic acids is 1. The molecule has 2 aliphatic heterocycles. The Kier molecular flexibility index (Phi) is 9.29. The van der Waals surface area contributed by atoms with Crippen molar-refractivity contribution < 1.29 is 48.0 Å². The normalized spacial score (nSPS) is 26.3. The largest absolute Gasteiger partial charge is 0.478 e. The molecule has 2 aliphatic rings. The Balaban J connectivity index is 1.72. The summed E-state index contributed by atoms with van der Waals surface area (Å²) < 4.78 is 35.5. The number of carboxylic acid groups (broad SMARTS) is 1. The van der Waals surface area contributed by atoms with Crippen molar-refractivity contribution in [2.75, 3.05) is 6.61 Å². The second kappa shape index (κ2) is 12.0. The van der Waals surface area contributed by atoms with E-state index in [9.17, 15) is 29.5 Å². The van der Waals surface area contributed by atoms with E-state index in [1.807, 2.05) is 0 Å². The number of hydrogen-bond acceptors (Lipinski definition) is 10. The predicted molar refractivity (Wildman–Crippen MR) is 126 cm³/mol.